The molecule has 192 valence electrons. The molecule has 1 N–H and O–H groups in total. The standard InChI is InChI=1S/C23H23F5N6O2/c1-33-18-17-15(3-2-6-34(17)19(35)21(33)10-22(24,25)11-21)31-20(32-18)30-12-7-14(8-12)36-13-4-5-16(29-9-13)23(26,27)28/h4-5,9,12,14H,2-3,6-8,10-11H2,1H3,(H,30,31,32)/t12-,14+. The van der Waals surface area contributed by atoms with Crippen LogP contribution in [0.1, 0.15) is 43.5 Å². The molecule has 2 aromatic rings. The SMILES string of the molecule is CN1c2nc(N[C@H]3C[C@@H](Oc4ccc(C(F)(F)F)nc4)C3)nc3c2N(CCC3)C(=O)C12CC(F)(F)C2. The number of anilines is 3. The topological polar surface area (TPSA) is 83.5 Å². The number of hydrogen-bond acceptors (Lipinski definition) is 7. The number of likely N-dealkylation sites (N-methyl/N-ethyl adjacent to an activating group) is 1. The molecular weight excluding hydrogens is 487 g/mol. The Morgan fingerprint density at radius 3 is 2.56 bits per heavy atom. The van der Waals surface area contributed by atoms with Crippen LogP contribution in [0.15, 0.2) is 18.3 Å². The monoisotopic (exact) mass is 510 g/mol. The van der Waals surface area contributed by atoms with E-state index in [9.17, 15) is 26.7 Å². The Balaban J connectivity index is 1.15. The fraction of sp³-hybridized carbons (Fsp3) is 0.565. The maximum atomic E-state index is 13.9. The van der Waals surface area contributed by atoms with Gasteiger partial charge in [-0.3, -0.25) is 4.79 Å². The van der Waals surface area contributed by atoms with Crippen LogP contribution >= 0.6 is 0 Å². The molecule has 2 aliphatic heterocycles. The summed E-state index contributed by atoms with van der Waals surface area (Å²) in [6.45, 7) is 0.455. The van der Waals surface area contributed by atoms with E-state index in [-0.39, 0.29) is 23.8 Å². The third-order valence-electron chi connectivity index (χ3n) is 7.47. The minimum Gasteiger partial charge on any atom is -0.489 e. The molecule has 4 heterocycles. The van der Waals surface area contributed by atoms with Gasteiger partial charge in [0.2, 0.25) is 5.95 Å². The number of pyridine rings is 1. The summed E-state index contributed by atoms with van der Waals surface area (Å²) < 4.78 is 71.5. The van der Waals surface area contributed by atoms with Gasteiger partial charge in [0.1, 0.15) is 28.8 Å². The predicted octanol–water partition coefficient (Wildman–Crippen LogP) is 3.81. The molecule has 2 saturated carbocycles. The van der Waals surface area contributed by atoms with Gasteiger partial charge in [-0.25, -0.2) is 18.7 Å². The van der Waals surface area contributed by atoms with E-state index in [1.165, 1.54) is 6.07 Å². The molecule has 13 heteroatoms. The van der Waals surface area contributed by atoms with Crippen molar-refractivity contribution in [2.45, 2.75) is 68.3 Å². The average molecular weight is 510 g/mol. The minimum absolute atomic E-state index is 0.0279. The largest absolute Gasteiger partial charge is 0.489 e. The highest BCUT2D eigenvalue weighted by atomic mass is 19.4. The lowest BCUT2D eigenvalue weighted by molar-refractivity contribution is -0.155. The molecule has 0 atom stereocenters. The Morgan fingerprint density at radius 1 is 1.17 bits per heavy atom. The normalized spacial score (nSPS) is 25.7. The van der Waals surface area contributed by atoms with Gasteiger partial charge in [-0.2, -0.15) is 18.2 Å². The van der Waals surface area contributed by atoms with Crippen LogP contribution in [-0.2, 0) is 17.4 Å². The van der Waals surface area contributed by atoms with Gasteiger partial charge in [0.15, 0.2) is 5.82 Å². The molecule has 0 unspecified atom stereocenters. The summed E-state index contributed by atoms with van der Waals surface area (Å²) in [6, 6.07) is 2.10. The van der Waals surface area contributed by atoms with Crippen LogP contribution in [0.5, 0.6) is 5.75 Å². The number of nitrogens with one attached hydrogen (secondary N) is 1. The smallest absolute Gasteiger partial charge is 0.433 e. The molecule has 8 nitrogen and oxygen atoms in total. The molecule has 2 aromatic heterocycles. The van der Waals surface area contributed by atoms with E-state index in [4.69, 9.17) is 4.74 Å². The number of amides is 1. The Bertz CT molecular complexity index is 1210. The maximum Gasteiger partial charge on any atom is 0.433 e. The van der Waals surface area contributed by atoms with Crippen molar-refractivity contribution in [3.8, 4) is 5.75 Å². The maximum absolute atomic E-state index is 13.9. The van der Waals surface area contributed by atoms with E-state index in [2.05, 4.69) is 20.3 Å². The van der Waals surface area contributed by atoms with Crippen molar-refractivity contribution in [3.05, 3.63) is 29.7 Å². The Hall–Kier alpha value is -3.25. The van der Waals surface area contributed by atoms with Gasteiger partial charge < -0.3 is 19.9 Å². The van der Waals surface area contributed by atoms with Gasteiger partial charge in [-0.1, -0.05) is 0 Å². The van der Waals surface area contributed by atoms with E-state index >= 15 is 0 Å². The summed E-state index contributed by atoms with van der Waals surface area (Å²) in [5.41, 5.74) is -0.960. The third kappa shape index (κ3) is 3.62. The first-order chi connectivity index (χ1) is 17.0. The van der Waals surface area contributed by atoms with Crippen LogP contribution in [0.25, 0.3) is 0 Å². The number of rotatable bonds is 4. The lowest BCUT2D eigenvalue weighted by atomic mass is 9.69. The lowest BCUT2D eigenvalue weighted by Gasteiger charge is -2.56. The highest BCUT2D eigenvalue weighted by Crippen LogP contribution is 2.55. The van der Waals surface area contributed by atoms with Gasteiger partial charge in [-0.15, -0.1) is 0 Å². The molecule has 6 rings (SSSR count). The van der Waals surface area contributed by atoms with Crippen LogP contribution in [-0.4, -0.2) is 58.1 Å². The number of hydrogen-bond donors (Lipinski definition) is 1. The molecule has 0 aromatic carbocycles. The summed E-state index contributed by atoms with van der Waals surface area (Å²) in [5.74, 6) is -2.11. The molecule has 4 aliphatic rings. The second-order valence-corrected chi connectivity index (χ2v) is 9.96. The zero-order valence-electron chi connectivity index (χ0n) is 19.3. The van der Waals surface area contributed by atoms with Crippen molar-refractivity contribution in [2.75, 3.05) is 28.7 Å². The van der Waals surface area contributed by atoms with E-state index in [0.717, 1.165) is 12.3 Å². The van der Waals surface area contributed by atoms with Crippen molar-refractivity contribution in [1.29, 1.82) is 0 Å². The number of carbonyl (C=O) groups is 1. The average Bonchev–Trinajstić information content (AvgIpc) is 2.78. The van der Waals surface area contributed by atoms with Crippen LogP contribution in [0.4, 0.5) is 39.4 Å². The quantitative estimate of drug-likeness (QED) is 0.627. The van der Waals surface area contributed by atoms with Crippen molar-refractivity contribution in [3.63, 3.8) is 0 Å². The molecule has 0 radical (unpaired) electrons. The molecule has 2 fully saturated rings. The molecule has 1 spiro atoms. The molecule has 0 saturated heterocycles. The summed E-state index contributed by atoms with van der Waals surface area (Å²) in [5, 5.41) is 3.25. The first-order valence-electron chi connectivity index (χ1n) is 11.8. The van der Waals surface area contributed by atoms with Crippen LogP contribution in [0, 0.1) is 0 Å². The third-order valence-corrected chi connectivity index (χ3v) is 7.47. The minimum atomic E-state index is -4.50. The molecule has 36 heavy (non-hydrogen) atoms. The van der Waals surface area contributed by atoms with Gasteiger partial charge >= 0.3 is 6.18 Å². The van der Waals surface area contributed by atoms with E-state index in [0.29, 0.717) is 55.4 Å². The number of halogens is 5. The van der Waals surface area contributed by atoms with Crippen molar-refractivity contribution in [1.82, 2.24) is 15.0 Å². The van der Waals surface area contributed by atoms with Crippen molar-refractivity contribution < 1.29 is 31.5 Å². The number of nitrogens with zero attached hydrogens (tertiary/aromatic N) is 5. The highest BCUT2D eigenvalue weighted by Gasteiger charge is 2.66. The first-order valence-corrected chi connectivity index (χ1v) is 11.8. The molecule has 1 amide bonds. The van der Waals surface area contributed by atoms with E-state index in [1.807, 2.05) is 0 Å². The fourth-order valence-corrected chi connectivity index (χ4v) is 5.52. The second-order valence-electron chi connectivity index (χ2n) is 9.96. The fourth-order valence-electron chi connectivity index (χ4n) is 5.52. The molecular formula is C23H23F5N6O2. The predicted molar refractivity (Wildman–Crippen MR) is 118 cm³/mol. The van der Waals surface area contributed by atoms with Gasteiger partial charge in [0, 0.05) is 45.3 Å². The molecule has 2 aliphatic carbocycles. The summed E-state index contributed by atoms with van der Waals surface area (Å²) in [7, 11) is 1.64. The summed E-state index contributed by atoms with van der Waals surface area (Å²) in [4.78, 5) is 29.0. The van der Waals surface area contributed by atoms with Crippen molar-refractivity contribution in [2.24, 2.45) is 0 Å². The van der Waals surface area contributed by atoms with Crippen LogP contribution in [0.3, 0.4) is 0 Å². The van der Waals surface area contributed by atoms with Crippen LogP contribution in [0.2, 0.25) is 0 Å². The van der Waals surface area contributed by atoms with E-state index in [1.54, 1.807) is 16.8 Å². The molecule has 0 bridgehead atoms. The first kappa shape index (κ1) is 23.2. The van der Waals surface area contributed by atoms with Crippen LogP contribution < -0.4 is 19.9 Å². The number of ether oxygens (including phenoxy) is 1. The zero-order chi connectivity index (χ0) is 25.5. The number of aromatic nitrogens is 3. The second kappa shape index (κ2) is 7.62. The highest BCUT2D eigenvalue weighted by molar-refractivity contribution is 6.09. The summed E-state index contributed by atoms with van der Waals surface area (Å²) in [6.07, 6.45) is -2.22. The Kier molecular flexibility index (Phi) is 4.91. The van der Waals surface area contributed by atoms with Gasteiger partial charge in [-0.05, 0) is 25.0 Å². The van der Waals surface area contributed by atoms with Gasteiger partial charge in [0.25, 0.3) is 11.8 Å². The lowest BCUT2D eigenvalue weighted by Crippen LogP contribution is -2.72. The number of aryl methyl sites for hydroxylation is 1. The summed E-state index contributed by atoms with van der Waals surface area (Å²) >= 11 is 0. The zero-order valence-corrected chi connectivity index (χ0v) is 19.3. The number of carbonyl (C=O) groups excluding carboxylic acids is 1. The number of alkyl halides is 5. The Labute approximate surface area is 202 Å². The Morgan fingerprint density at radius 2 is 1.92 bits per heavy atom. The van der Waals surface area contributed by atoms with E-state index < -0.39 is 36.2 Å². The van der Waals surface area contributed by atoms with Gasteiger partial charge in [0.05, 0.1) is 11.9 Å². The van der Waals surface area contributed by atoms with Crippen molar-refractivity contribution >= 4 is 23.4 Å².